The molecule has 0 atom stereocenters. The largest absolute Gasteiger partial charge is 0.283 e. The van der Waals surface area contributed by atoms with Gasteiger partial charge in [0.1, 0.15) is 5.69 Å². The number of halogens is 1. The Balaban J connectivity index is 2.43. The first-order valence-corrected chi connectivity index (χ1v) is 5.97. The van der Waals surface area contributed by atoms with Crippen LogP contribution < -0.4 is 0 Å². The molecule has 0 aliphatic carbocycles. The van der Waals surface area contributed by atoms with Crippen molar-refractivity contribution in [2.45, 2.75) is 20.4 Å². The van der Waals surface area contributed by atoms with E-state index in [1.807, 2.05) is 13.8 Å². The molecule has 5 nitrogen and oxygen atoms in total. The van der Waals surface area contributed by atoms with Gasteiger partial charge in [-0.05, 0) is 35.3 Å². The molecule has 2 rings (SSSR count). The fraction of sp³-hybridized carbons (Fsp3) is 0.273. The van der Waals surface area contributed by atoms with Crippen molar-refractivity contribution in [3.05, 3.63) is 40.1 Å². The third-order valence-electron chi connectivity index (χ3n) is 2.29. The van der Waals surface area contributed by atoms with Crippen LogP contribution in [0.4, 0.5) is 0 Å². The predicted molar refractivity (Wildman–Crippen MR) is 65.8 cm³/mol. The van der Waals surface area contributed by atoms with Crippen LogP contribution in [0.2, 0.25) is 0 Å². The SMILES string of the molecule is CCn1ncc(Br)c1C(=O)c1ncc(C)cn1. The lowest BCUT2D eigenvalue weighted by molar-refractivity contribution is 0.101. The van der Waals surface area contributed by atoms with Crippen LogP contribution in [0.3, 0.4) is 0 Å². The van der Waals surface area contributed by atoms with E-state index in [4.69, 9.17) is 0 Å². The first-order chi connectivity index (χ1) is 8.13. The molecule has 0 aliphatic heterocycles. The summed E-state index contributed by atoms with van der Waals surface area (Å²) >= 11 is 3.31. The summed E-state index contributed by atoms with van der Waals surface area (Å²) in [6.07, 6.45) is 4.85. The minimum Gasteiger partial charge on any atom is -0.283 e. The van der Waals surface area contributed by atoms with Crippen LogP contribution in [0.5, 0.6) is 0 Å². The number of aromatic nitrogens is 4. The molecule has 88 valence electrons. The third kappa shape index (κ3) is 2.26. The normalized spacial score (nSPS) is 10.5. The molecular weight excluding hydrogens is 284 g/mol. The van der Waals surface area contributed by atoms with E-state index >= 15 is 0 Å². The van der Waals surface area contributed by atoms with Gasteiger partial charge < -0.3 is 0 Å². The predicted octanol–water partition coefficient (Wildman–Crippen LogP) is 1.99. The second-order valence-corrected chi connectivity index (χ2v) is 4.42. The molecule has 0 bridgehead atoms. The van der Waals surface area contributed by atoms with Crippen LogP contribution in [0.25, 0.3) is 0 Å². The second-order valence-electron chi connectivity index (χ2n) is 3.57. The van der Waals surface area contributed by atoms with Crippen molar-refractivity contribution < 1.29 is 4.79 Å². The Morgan fingerprint density at radius 1 is 1.35 bits per heavy atom. The first-order valence-electron chi connectivity index (χ1n) is 5.18. The van der Waals surface area contributed by atoms with Gasteiger partial charge in [-0.3, -0.25) is 9.48 Å². The zero-order valence-electron chi connectivity index (χ0n) is 9.51. The summed E-state index contributed by atoms with van der Waals surface area (Å²) in [6, 6.07) is 0. The Morgan fingerprint density at radius 3 is 2.59 bits per heavy atom. The lowest BCUT2D eigenvalue weighted by Gasteiger charge is -2.03. The number of hydrogen-bond donors (Lipinski definition) is 0. The molecule has 0 N–H and O–H groups in total. The standard InChI is InChI=1S/C11H11BrN4O/c1-3-16-9(8(12)6-15-16)10(17)11-13-4-7(2)5-14-11/h4-6H,3H2,1-2H3. The topological polar surface area (TPSA) is 60.7 Å². The van der Waals surface area contributed by atoms with Crippen molar-refractivity contribution in [3.8, 4) is 0 Å². The van der Waals surface area contributed by atoms with E-state index in [1.165, 1.54) is 0 Å². The molecule has 0 saturated carbocycles. The first kappa shape index (κ1) is 11.9. The second kappa shape index (κ2) is 4.75. The highest BCUT2D eigenvalue weighted by atomic mass is 79.9. The summed E-state index contributed by atoms with van der Waals surface area (Å²) in [6.45, 7) is 4.42. The number of hydrogen-bond acceptors (Lipinski definition) is 4. The Bertz CT molecular complexity index is 547. The maximum atomic E-state index is 12.2. The van der Waals surface area contributed by atoms with Crippen LogP contribution >= 0.6 is 15.9 Å². The van der Waals surface area contributed by atoms with Crippen LogP contribution in [0.1, 0.15) is 28.8 Å². The Labute approximate surface area is 107 Å². The monoisotopic (exact) mass is 294 g/mol. The summed E-state index contributed by atoms with van der Waals surface area (Å²) in [7, 11) is 0. The molecule has 0 saturated heterocycles. The number of nitrogens with zero attached hydrogens (tertiary/aromatic N) is 4. The Kier molecular flexibility index (Phi) is 3.33. The lowest BCUT2D eigenvalue weighted by Crippen LogP contribution is -2.14. The number of carbonyl (C=O) groups is 1. The van der Waals surface area contributed by atoms with Gasteiger partial charge in [-0.1, -0.05) is 0 Å². The third-order valence-corrected chi connectivity index (χ3v) is 2.87. The number of carbonyl (C=O) groups excluding carboxylic acids is 1. The molecule has 17 heavy (non-hydrogen) atoms. The summed E-state index contributed by atoms with van der Waals surface area (Å²) in [5.74, 6) is -0.0391. The summed E-state index contributed by atoms with van der Waals surface area (Å²) < 4.78 is 2.28. The smallest absolute Gasteiger partial charge is 0.249 e. The van der Waals surface area contributed by atoms with E-state index in [1.54, 1.807) is 23.3 Å². The molecule has 6 heteroatoms. The minimum atomic E-state index is -0.226. The maximum Gasteiger partial charge on any atom is 0.249 e. The summed E-state index contributed by atoms with van der Waals surface area (Å²) in [4.78, 5) is 20.3. The van der Waals surface area contributed by atoms with Gasteiger partial charge in [-0.2, -0.15) is 5.10 Å². The molecule has 0 fully saturated rings. The molecule has 0 aliphatic rings. The van der Waals surface area contributed by atoms with Crippen molar-refractivity contribution in [3.63, 3.8) is 0 Å². The van der Waals surface area contributed by atoms with Crippen molar-refractivity contribution in [1.29, 1.82) is 0 Å². The van der Waals surface area contributed by atoms with Crippen LogP contribution in [-0.4, -0.2) is 25.5 Å². The lowest BCUT2D eigenvalue weighted by atomic mass is 10.2. The average Bonchev–Trinajstić information content (AvgIpc) is 2.70. The van der Waals surface area contributed by atoms with Crippen molar-refractivity contribution >= 4 is 21.7 Å². The molecule has 0 unspecified atom stereocenters. The highest BCUT2D eigenvalue weighted by Gasteiger charge is 2.20. The van der Waals surface area contributed by atoms with Crippen LogP contribution in [0, 0.1) is 6.92 Å². The van der Waals surface area contributed by atoms with Gasteiger partial charge in [0, 0.05) is 18.9 Å². The zero-order chi connectivity index (χ0) is 12.4. The molecule has 2 heterocycles. The Morgan fingerprint density at radius 2 is 2.00 bits per heavy atom. The molecule has 2 aromatic rings. The van der Waals surface area contributed by atoms with Gasteiger partial charge in [0.25, 0.3) is 0 Å². The highest BCUT2D eigenvalue weighted by Crippen LogP contribution is 2.18. The van der Waals surface area contributed by atoms with E-state index in [2.05, 4.69) is 31.0 Å². The fourth-order valence-corrected chi connectivity index (χ4v) is 1.92. The average molecular weight is 295 g/mol. The Hall–Kier alpha value is -1.56. The van der Waals surface area contributed by atoms with Crippen molar-refractivity contribution in [2.75, 3.05) is 0 Å². The van der Waals surface area contributed by atoms with Gasteiger partial charge in [-0.15, -0.1) is 0 Å². The fourth-order valence-electron chi connectivity index (χ4n) is 1.44. The maximum absolute atomic E-state index is 12.2. The van der Waals surface area contributed by atoms with Crippen molar-refractivity contribution in [2.24, 2.45) is 0 Å². The van der Waals surface area contributed by atoms with Gasteiger partial charge in [-0.25, -0.2) is 9.97 Å². The van der Waals surface area contributed by atoms with Crippen LogP contribution in [0.15, 0.2) is 23.1 Å². The molecule has 0 radical (unpaired) electrons. The van der Waals surface area contributed by atoms with Gasteiger partial charge in [0.2, 0.25) is 11.6 Å². The number of rotatable bonds is 3. The molecule has 2 aromatic heterocycles. The van der Waals surface area contributed by atoms with Gasteiger partial charge >= 0.3 is 0 Å². The number of ketones is 1. The van der Waals surface area contributed by atoms with Gasteiger partial charge in [0.15, 0.2) is 0 Å². The van der Waals surface area contributed by atoms with E-state index in [-0.39, 0.29) is 11.6 Å². The summed E-state index contributed by atoms with van der Waals surface area (Å²) in [5.41, 5.74) is 1.40. The van der Waals surface area contributed by atoms with Crippen LogP contribution in [-0.2, 0) is 6.54 Å². The van der Waals surface area contributed by atoms with Crippen molar-refractivity contribution in [1.82, 2.24) is 19.7 Å². The van der Waals surface area contributed by atoms with E-state index in [9.17, 15) is 4.79 Å². The quantitative estimate of drug-likeness (QED) is 0.813. The van der Waals surface area contributed by atoms with E-state index in [0.29, 0.717) is 16.7 Å². The minimum absolute atomic E-state index is 0.187. The molecule has 0 amide bonds. The number of aryl methyl sites for hydroxylation is 2. The van der Waals surface area contributed by atoms with E-state index < -0.39 is 0 Å². The van der Waals surface area contributed by atoms with Gasteiger partial charge in [0.05, 0.1) is 10.7 Å². The molecule has 0 aromatic carbocycles. The zero-order valence-corrected chi connectivity index (χ0v) is 11.1. The highest BCUT2D eigenvalue weighted by molar-refractivity contribution is 9.10. The summed E-state index contributed by atoms with van der Waals surface area (Å²) in [5, 5.41) is 4.09. The molecular formula is C11H11BrN4O. The van der Waals surface area contributed by atoms with E-state index in [0.717, 1.165) is 5.56 Å². The molecule has 0 spiro atoms.